The van der Waals surface area contributed by atoms with Crippen LogP contribution in [-0.2, 0) is 16.4 Å². The summed E-state index contributed by atoms with van der Waals surface area (Å²) < 4.78 is 36.0. The number of aromatic nitrogens is 3. The Bertz CT molecular complexity index is 1470. The van der Waals surface area contributed by atoms with E-state index in [0.29, 0.717) is 84.9 Å². The van der Waals surface area contributed by atoms with Gasteiger partial charge in [0.25, 0.3) is 5.56 Å². The molecule has 0 spiro atoms. The summed E-state index contributed by atoms with van der Waals surface area (Å²) >= 11 is 0. The van der Waals surface area contributed by atoms with Gasteiger partial charge < -0.3 is 14.8 Å². The molecule has 10 nitrogen and oxygen atoms in total. The second-order valence-electron chi connectivity index (χ2n) is 9.78. The first-order valence-corrected chi connectivity index (χ1v) is 14.7. The molecule has 1 aliphatic rings. The summed E-state index contributed by atoms with van der Waals surface area (Å²) in [6.45, 7) is 6.94. The summed E-state index contributed by atoms with van der Waals surface area (Å²) in [5.74, 6) is 0.884. The number of hydrogen-bond acceptors (Lipinski definition) is 7. The molecule has 2 N–H and O–H groups in total. The fraction of sp³-hybridized carbons (Fsp3) is 0.519. The second-order valence-corrected chi connectivity index (χ2v) is 11.7. The molecular formula is C27H36N4O6S. The number of carbonyl (C=O) groups is 1. The standard InChI is InChI=1S/C27H36N4O6S/c1-4-6-23-22(17-33)18(3)25-27(34)28-26(29-31(23)25)21-16-20(7-8-24(21)37-15-5-2)38(35,36)30-12-9-19(10-13-30)11-14-32/h7-8,16-17,19,32H,4-6,9-15H2,1-3H3,(H,28,29,34). The highest BCUT2D eigenvalue weighted by Gasteiger charge is 2.30. The van der Waals surface area contributed by atoms with Gasteiger partial charge in [-0.05, 0) is 68.7 Å². The van der Waals surface area contributed by atoms with Crippen LogP contribution in [0.3, 0.4) is 0 Å². The van der Waals surface area contributed by atoms with Gasteiger partial charge in [-0.3, -0.25) is 9.59 Å². The first-order chi connectivity index (χ1) is 18.3. The van der Waals surface area contributed by atoms with Gasteiger partial charge in [-0.1, -0.05) is 20.3 Å². The fourth-order valence-electron chi connectivity index (χ4n) is 5.14. The number of hydrogen-bond donors (Lipinski definition) is 2. The second kappa shape index (κ2) is 11.8. The van der Waals surface area contributed by atoms with Crippen LogP contribution >= 0.6 is 0 Å². The zero-order valence-electron chi connectivity index (χ0n) is 22.2. The highest BCUT2D eigenvalue weighted by molar-refractivity contribution is 7.89. The largest absolute Gasteiger partial charge is 0.493 e. The molecule has 1 aromatic carbocycles. The Morgan fingerprint density at radius 1 is 1.21 bits per heavy atom. The Morgan fingerprint density at radius 2 is 1.95 bits per heavy atom. The van der Waals surface area contributed by atoms with E-state index in [0.717, 1.165) is 19.1 Å². The summed E-state index contributed by atoms with van der Waals surface area (Å²) in [5.41, 5.74) is 1.89. The van der Waals surface area contributed by atoms with Gasteiger partial charge in [0.1, 0.15) is 11.3 Å². The monoisotopic (exact) mass is 544 g/mol. The van der Waals surface area contributed by atoms with Gasteiger partial charge in [-0.2, -0.15) is 4.31 Å². The number of nitrogens with one attached hydrogen (secondary N) is 1. The number of aryl methyl sites for hydroxylation is 2. The number of aliphatic hydroxyl groups is 1. The smallest absolute Gasteiger partial charge is 0.275 e. The first kappa shape index (κ1) is 28.0. The molecule has 0 radical (unpaired) electrons. The van der Waals surface area contributed by atoms with Gasteiger partial charge in [-0.25, -0.2) is 12.9 Å². The molecule has 2 aromatic heterocycles. The predicted molar refractivity (Wildman–Crippen MR) is 144 cm³/mol. The molecule has 206 valence electrons. The Labute approximate surface area is 222 Å². The van der Waals surface area contributed by atoms with Crippen molar-refractivity contribution in [3.05, 3.63) is 45.4 Å². The molecule has 0 bridgehead atoms. The molecule has 4 rings (SSSR count). The molecule has 0 saturated carbocycles. The molecule has 3 aromatic rings. The molecule has 1 aliphatic heterocycles. The number of nitrogens with zero attached hydrogens (tertiary/aromatic N) is 3. The van der Waals surface area contributed by atoms with E-state index in [4.69, 9.17) is 4.74 Å². The van der Waals surface area contributed by atoms with Crippen LogP contribution in [0.5, 0.6) is 5.75 Å². The van der Waals surface area contributed by atoms with Crippen LogP contribution in [0.25, 0.3) is 16.9 Å². The topological polar surface area (TPSA) is 134 Å². The van der Waals surface area contributed by atoms with Crippen molar-refractivity contribution in [2.45, 2.75) is 64.2 Å². The summed E-state index contributed by atoms with van der Waals surface area (Å²) in [7, 11) is -3.80. The van der Waals surface area contributed by atoms with E-state index in [1.807, 2.05) is 13.8 Å². The van der Waals surface area contributed by atoms with Crippen molar-refractivity contribution in [3.8, 4) is 17.1 Å². The van der Waals surface area contributed by atoms with Crippen LogP contribution in [0.15, 0.2) is 27.9 Å². The number of ether oxygens (including phenoxy) is 1. The van der Waals surface area contributed by atoms with Crippen molar-refractivity contribution in [2.24, 2.45) is 5.92 Å². The maximum atomic E-state index is 13.6. The first-order valence-electron chi connectivity index (χ1n) is 13.2. The van der Waals surface area contributed by atoms with E-state index in [-0.39, 0.29) is 17.3 Å². The van der Waals surface area contributed by atoms with Gasteiger partial charge >= 0.3 is 0 Å². The number of H-pyrrole nitrogens is 1. The van der Waals surface area contributed by atoms with Crippen LogP contribution in [0.1, 0.15) is 67.6 Å². The molecule has 11 heteroatoms. The normalized spacial score (nSPS) is 15.3. The van der Waals surface area contributed by atoms with Gasteiger partial charge in [-0.15, -0.1) is 5.10 Å². The third kappa shape index (κ3) is 5.27. The van der Waals surface area contributed by atoms with E-state index >= 15 is 0 Å². The molecule has 3 heterocycles. The number of benzene rings is 1. The number of aliphatic hydroxyl groups excluding tert-OH is 1. The zero-order chi connectivity index (χ0) is 27.4. The average molecular weight is 545 g/mol. The number of carbonyl (C=O) groups excluding carboxylic acids is 1. The SMILES string of the molecule is CCCOc1ccc(S(=O)(=O)N2CCC(CCO)CC2)cc1-c1nn2c(CCC)c(C=O)c(C)c2c(=O)[nH]1. The summed E-state index contributed by atoms with van der Waals surface area (Å²) in [6, 6.07) is 4.62. The Morgan fingerprint density at radius 3 is 2.58 bits per heavy atom. The number of aldehydes is 1. The van der Waals surface area contributed by atoms with E-state index < -0.39 is 15.6 Å². The lowest BCUT2D eigenvalue weighted by atomic mass is 9.95. The Balaban J connectivity index is 1.83. The molecule has 1 saturated heterocycles. The van der Waals surface area contributed by atoms with Gasteiger partial charge in [0.2, 0.25) is 10.0 Å². The lowest BCUT2D eigenvalue weighted by molar-refractivity contribution is 0.112. The van der Waals surface area contributed by atoms with Crippen LogP contribution in [-0.4, -0.2) is 65.0 Å². The zero-order valence-corrected chi connectivity index (χ0v) is 23.0. The van der Waals surface area contributed by atoms with Crippen molar-refractivity contribution in [2.75, 3.05) is 26.3 Å². The van der Waals surface area contributed by atoms with E-state index in [1.54, 1.807) is 13.0 Å². The lowest BCUT2D eigenvalue weighted by Crippen LogP contribution is -2.38. The summed E-state index contributed by atoms with van der Waals surface area (Å²) in [4.78, 5) is 27.9. The van der Waals surface area contributed by atoms with E-state index in [2.05, 4.69) is 10.1 Å². The molecule has 1 fully saturated rings. The third-order valence-corrected chi connectivity index (χ3v) is 9.10. The van der Waals surface area contributed by atoms with Crippen LogP contribution in [0.2, 0.25) is 0 Å². The van der Waals surface area contributed by atoms with E-state index in [1.165, 1.54) is 21.0 Å². The van der Waals surface area contributed by atoms with Crippen molar-refractivity contribution in [3.63, 3.8) is 0 Å². The maximum absolute atomic E-state index is 13.6. The Kier molecular flexibility index (Phi) is 8.69. The maximum Gasteiger partial charge on any atom is 0.275 e. The predicted octanol–water partition coefficient (Wildman–Crippen LogP) is 3.33. The van der Waals surface area contributed by atoms with Gasteiger partial charge in [0.05, 0.1) is 22.8 Å². The minimum atomic E-state index is -3.80. The molecule has 38 heavy (non-hydrogen) atoms. The van der Waals surface area contributed by atoms with Crippen LogP contribution in [0, 0.1) is 12.8 Å². The Hall–Kier alpha value is -3.02. The number of aromatic amines is 1. The minimum absolute atomic E-state index is 0.0887. The molecular weight excluding hydrogens is 508 g/mol. The lowest BCUT2D eigenvalue weighted by Gasteiger charge is -2.31. The fourth-order valence-corrected chi connectivity index (χ4v) is 6.63. The van der Waals surface area contributed by atoms with Crippen molar-refractivity contribution in [1.29, 1.82) is 0 Å². The van der Waals surface area contributed by atoms with Crippen LogP contribution < -0.4 is 10.3 Å². The number of fused-ring (bicyclic) bond motifs is 1. The molecule has 0 atom stereocenters. The third-order valence-electron chi connectivity index (χ3n) is 7.21. The van der Waals surface area contributed by atoms with Crippen LogP contribution in [0.4, 0.5) is 0 Å². The molecule has 0 unspecified atom stereocenters. The number of rotatable bonds is 11. The van der Waals surface area contributed by atoms with E-state index in [9.17, 15) is 23.1 Å². The number of piperidine rings is 1. The minimum Gasteiger partial charge on any atom is -0.493 e. The van der Waals surface area contributed by atoms with Gasteiger partial charge in [0, 0.05) is 25.3 Å². The van der Waals surface area contributed by atoms with Gasteiger partial charge in [0.15, 0.2) is 12.1 Å². The van der Waals surface area contributed by atoms with Crippen molar-refractivity contribution in [1.82, 2.24) is 18.9 Å². The highest BCUT2D eigenvalue weighted by Crippen LogP contribution is 2.33. The number of sulfonamides is 1. The molecule has 0 aliphatic carbocycles. The summed E-state index contributed by atoms with van der Waals surface area (Å²) in [6.07, 6.45) is 4.87. The van der Waals surface area contributed by atoms with Crippen molar-refractivity contribution < 1.29 is 23.1 Å². The average Bonchev–Trinajstić information content (AvgIpc) is 3.18. The summed E-state index contributed by atoms with van der Waals surface area (Å²) in [5, 5.41) is 13.9. The molecule has 0 amide bonds. The van der Waals surface area contributed by atoms with Crippen molar-refractivity contribution >= 4 is 21.8 Å². The quantitative estimate of drug-likeness (QED) is 0.354. The highest BCUT2D eigenvalue weighted by atomic mass is 32.2.